The van der Waals surface area contributed by atoms with Gasteiger partial charge in [0.1, 0.15) is 22.8 Å². The summed E-state index contributed by atoms with van der Waals surface area (Å²) in [5, 5.41) is 16.5. The number of anilines is 2. The standard InChI is InChI=1S/C44H47ClN8O8S/c45-32-19-31(24-46-25-32)40-44(12-1-2-13-44)43(55)52(40)27-29-8-15-51(16-9-29)33-3-5-36(39(21-33)61-34-20-30-7-14-47-41(30)49-26-34)42(54)50-62(58,59)35-4-6-37(38(22-35)53(56)57)48-23-28-10-17-60-18-11-28/h3-7,14,19-22,24-26,28-29,40,48H,1-2,8-13,15-18,23,27H2,(H,47,49)(H,50,54). The van der Waals surface area contributed by atoms with Gasteiger partial charge in [0.15, 0.2) is 0 Å². The molecule has 62 heavy (non-hydrogen) atoms. The Hall–Kier alpha value is -5.78. The Labute approximate surface area is 363 Å². The van der Waals surface area contributed by atoms with Crippen LogP contribution in [0.5, 0.6) is 11.5 Å². The van der Waals surface area contributed by atoms with Crippen molar-refractivity contribution in [1.29, 1.82) is 0 Å². The van der Waals surface area contributed by atoms with Crippen molar-refractivity contribution in [2.75, 3.05) is 49.6 Å². The van der Waals surface area contributed by atoms with E-state index >= 15 is 0 Å². The number of nitrogens with zero attached hydrogens (tertiary/aromatic N) is 5. The number of carbonyl (C=O) groups is 2. The van der Waals surface area contributed by atoms with E-state index in [0.29, 0.717) is 55.8 Å². The lowest BCUT2D eigenvalue weighted by atomic mass is 9.66. The summed E-state index contributed by atoms with van der Waals surface area (Å²) in [7, 11) is -4.58. The molecule has 0 bridgehead atoms. The maximum absolute atomic E-state index is 13.9. The van der Waals surface area contributed by atoms with Crippen molar-refractivity contribution in [2.24, 2.45) is 17.3 Å². The van der Waals surface area contributed by atoms with Crippen LogP contribution in [-0.4, -0.2) is 84.4 Å². The molecule has 1 saturated carbocycles. The highest BCUT2D eigenvalue weighted by atomic mass is 35.5. The molecule has 6 heterocycles. The van der Waals surface area contributed by atoms with Crippen molar-refractivity contribution in [3.05, 3.63) is 106 Å². The third kappa shape index (κ3) is 8.28. The number of aromatic amines is 1. The zero-order valence-electron chi connectivity index (χ0n) is 33.9. The van der Waals surface area contributed by atoms with Crippen molar-refractivity contribution in [3.63, 3.8) is 0 Å². The Kier molecular flexibility index (Phi) is 11.5. The molecule has 1 spiro atoms. The monoisotopic (exact) mass is 882 g/mol. The molecule has 16 nitrogen and oxygen atoms in total. The van der Waals surface area contributed by atoms with Gasteiger partial charge in [0.2, 0.25) is 5.91 Å². The van der Waals surface area contributed by atoms with Crippen LogP contribution >= 0.6 is 11.6 Å². The molecule has 1 atom stereocenters. The number of aromatic nitrogens is 3. The first-order valence-corrected chi connectivity index (χ1v) is 22.9. The number of β-lactam (4-membered cyclic amide) rings is 1. The number of fused-ring (bicyclic) bond motifs is 1. The Bertz CT molecular complexity index is 2620. The first-order chi connectivity index (χ1) is 30.0. The minimum absolute atomic E-state index is 0.0392. The second-order valence-electron chi connectivity index (χ2n) is 16.8. The van der Waals surface area contributed by atoms with Crippen molar-refractivity contribution in [3.8, 4) is 11.5 Å². The second-order valence-corrected chi connectivity index (χ2v) is 18.9. The number of sulfonamides is 1. The van der Waals surface area contributed by atoms with Crippen LogP contribution in [0.1, 0.15) is 73.3 Å². The average Bonchev–Trinajstić information content (AvgIpc) is 3.98. The maximum atomic E-state index is 13.9. The van der Waals surface area contributed by atoms with Gasteiger partial charge in [0.25, 0.3) is 21.6 Å². The molecule has 9 rings (SSSR count). The highest BCUT2D eigenvalue weighted by Crippen LogP contribution is 2.59. The molecule has 2 aromatic carbocycles. The number of carbonyl (C=O) groups excluding carboxylic acids is 2. The molecule has 324 valence electrons. The molecule has 1 aliphatic carbocycles. The number of nitro benzene ring substituents is 1. The highest BCUT2D eigenvalue weighted by molar-refractivity contribution is 7.90. The molecular weight excluding hydrogens is 836 g/mol. The second kappa shape index (κ2) is 17.2. The summed E-state index contributed by atoms with van der Waals surface area (Å²) in [6, 6.07) is 14.0. The van der Waals surface area contributed by atoms with Crippen LogP contribution in [0, 0.1) is 27.4 Å². The third-order valence-corrected chi connectivity index (χ3v) is 14.5. The number of benzene rings is 2. The van der Waals surface area contributed by atoms with Crippen LogP contribution in [0.3, 0.4) is 0 Å². The fourth-order valence-corrected chi connectivity index (χ4v) is 10.8. The van der Waals surface area contributed by atoms with E-state index in [-0.39, 0.29) is 46.2 Å². The number of nitrogens with one attached hydrogen (secondary N) is 3. The van der Waals surface area contributed by atoms with Gasteiger partial charge in [-0.2, -0.15) is 0 Å². The summed E-state index contributed by atoms with van der Waals surface area (Å²) in [4.78, 5) is 54.7. The lowest BCUT2D eigenvalue weighted by Crippen LogP contribution is -2.63. The summed E-state index contributed by atoms with van der Waals surface area (Å²) < 4.78 is 41.1. The van der Waals surface area contributed by atoms with E-state index in [1.165, 1.54) is 24.4 Å². The number of H-pyrrole nitrogens is 1. The SMILES string of the molecule is O=C(NS(=O)(=O)c1ccc(NCC2CCOCC2)c([N+](=O)[O-])c1)c1ccc(N2CCC(CN3C(=O)C4(CCCC4)C3c3cncc(Cl)c3)CC2)cc1Oc1cnc2[nH]ccc2c1. The van der Waals surface area contributed by atoms with E-state index in [0.717, 1.165) is 74.1 Å². The minimum Gasteiger partial charge on any atom is -0.455 e. The van der Waals surface area contributed by atoms with Crippen LogP contribution in [0.4, 0.5) is 17.1 Å². The van der Waals surface area contributed by atoms with Crippen molar-refractivity contribution >= 4 is 61.5 Å². The van der Waals surface area contributed by atoms with Gasteiger partial charge >= 0.3 is 0 Å². The molecule has 3 aliphatic heterocycles. The van der Waals surface area contributed by atoms with Gasteiger partial charge in [-0.25, -0.2) is 18.1 Å². The predicted molar refractivity (Wildman–Crippen MR) is 232 cm³/mol. The topological polar surface area (TPSA) is 202 Å². The lowest BCUT2D eigenvalue weighted by molar-refractivity contribution is -0.384. The largest absolute Gasteiger partial charge is 0.455 e. The van der Waals surface area contributed by atoms with E-state index in [4.69, 9.17) is 21.1 Å². The van der Waals surface area contributed by atoms with Gasteiger partial charge in [-0.05, 0) is 98.4 Å². The Balaban J connectivity index is 0.919. The van der Waals surface area contributed by atoms with Crippen molar-refractivity contribution in [1.82, 2.24) is 24.6 Å². The molecule has 5 aromatic rings. The van der Waals surface area contributed by atoms with Gasteiger partial charge in [-0.3, -0.25) is 24.7 Å². The molecule has 3 saturated heterocycles. The highest BCUT2D eigenvalue weighted by Gasteiger charge is 2.61. The van der Waals surface area contributed by atoms with E-state index < -0.39 is 31.4 Å². The van der Waals surface area contributed by atoms with E-state index in [1.807, 2.05) is 23.2 Å². The van der Waals surface area contributed by atoms with Gasteiger partial charge in [-0.15, -0.1) is 0 Å². The number of nitro groups is 1. The van der Waals surface area contributed by atoms with Crippen LogP contribution < -0.4 is 19.7 Å². The van der Waals surface area contributed by atoms with Crippen LogP contribution in [-0.2, 0) is 19.6 Å². The molecule has 4 fully saturated rings. The molecular formula is C44H47ClN8O8S. The van der Waals surface area contributed by atoms with Gasteiger partial charge in [0, 0.05) is 81.2 Å². The average molecular weight is 883 g/mol. The van der Waals surface area contributed by atoms with E-state index in [9.17, 15) is 28.1 Å². The van der Waals surface area contributed by atoms with Crippen molar-refractivity contribution < 1.29 is 32.4 Å². The molecule has 18 heteroatoms. The first-order valence-electron chi connectivity index (χ1n) is 21.1. The Morgan fingerprint density at radius 2 is 1.79 bits per heavy atom. The fraction of sp³-hybridized carbons (Fsp3) is 0.409. The third-order valence-electron chi connectivity index (χ3n) is 12.9. The van der Waals surface area contributed by atoms with Crippen LogP contribution in [0.2, 0.25) is 5.02 Å². The number of likely N-dealkylation sites (tertiary alicyclic amines) is 1. The minimum atomic E-state index is -4.58. The Morgan fingerprint density at radius 1 is 1.00 bits per heavy atom. The fourth-order valence-electron chi connectivity index (χ4n) is 9.66. The molecule has 3 aromatic heterocycles. The summed E-state index contributed by atoms with van der Waals surface area (Å²) in [6.45, 7) is 3.70. The number of hydrogen-bond acceptors (Lipinski definition) is 12. The summed E-state index contributed by atoms with van der Waals surface area (Å²) >= 11 is 6.36. The zero-order valence-corrected chi connectivity index (χ0v) is 35.5. The molecule has 4 aliphatic rings. The number of rotatable bonds is 13. The quantitative estimate of drug-likeness (QED) is 0.0594. The number of halogens is 1. The van der Waals surface area contributed by atoms with Gasteiger partial charge in [-0.1, -0.05) is 24.4 Å². The number of amides is 2. The van der Waals surface area contributed by atoms with Gasteiger partial charge in [0.05, 0.1) is 38.1 Å². The van der Waals surface area contributed by atoms with Crippen molar-refractivity contribution in [2.45, 2.75) is 62.3 Å². The summed E-state index contributed by atoms with van der Waals surface area (Å²) in [5.41, 5.74) is 1.71. The molecule has 0 radical (unpaired) electrons. The van der Waals surface area contributed by atoms with E-state index in [1.54, 1.807) is 30.6 Å². The number of piperidine rings is 1. The molecule has 1 unspecified atom stereocenters. The summed E-state index contributed by atoms with van der Waals surface area (Å²) in [5.74, 6) is 0.197. The Morgan fingerprint density at radius 3 is 2.55 bits per heavy atom. The number of hydrogen-bond donors (Lipinski definition) is 3. The predicted octanol–water partition coefficient (Wildman–Crippen LogP) is 7.63. The molecule has 2 amide bonds. The first kappa shape index (κ1) is 41.6. The number of pyridine rings is 2. The summed E-state index contributed by atoms with van der Waals surface area (Å²) in [6.07, 6.45) is 13.8. The van der Waals surface area contributed by atoms with Crippen LogP contribution in [0.25, 0.3) is 11.0 Å². The zero-order chi connectivity index (χ0) is 43.0. The maximum Gasteiger partial charge on any atom is 0.293 e. The number of ether oxygens (including phenoxy) is 2. The van der Waals surface area contributed by atoms with E-state index in [2.05, 4.69) is 29.9 Å². The normalized spacial score (nSPS) is 19.4. The molecule has 3 N–H and O–H groups in total. The van der Waals surface area contributed by atoms with Gasteiger partial charge < -0.3 is 29.6 Å². The van der Waals surface area contributed by atoms with Crippen LogP contribution in [0.15, 0.2) is 84.3 Å². The smallest absolute Gasteiger partial charge is 0.293 e. The lowest BCUT2D eigenvalue weighted by Gasteiger charge is -2.56.